The van der Waals surface area contributed by atoms with Crippen LogP contribution in [0.3, 0.4) is 0 Å². The van der Waals surface area contributed by atoms with Crippen LogP contribution in [0, 0.1) is 0 Å². The third-order valence-electron chi connectivity index (χ3n) is 4.64. The maximum absolute atomic E-state index is 12.3. The van der Waals surface area contributed by atoms with Gasteiger partial charge in [0.05, 0.1) is 23.3 Å². The van der Waals surface area contributed by atoms with Gasteiger partial charge >= 0.3 is 6.03 Å². The van der Waals surface area contributed by atoms with Crippen molar-refractivity contribution in [2.45, 2.75) is 0 Å². The van der Waals surface area contributed by atoms with E-state index < -0.39 is 0 Å². The lowest BCUT2D eigenvalue weighted by Crippen LogP contribution is -2.52. The second-order valence-electron chi connectivity index (χ2n) is 6.26. The van der Waals surface area contributed by atoms with Crippen LogP contribution in [0.1, 0.15) is 0 Å². The van der Waals surface area contributed by atoms with Gasteiger partial charge in [-0.3, -0.25) is 4.90 Å². The van der Waals surface area contributed by atoms with E-state index in [0.29, 0.717) is 29.7 Å². The normalized spacial score (nSPS) is 19.1. The molecular formula is C17H24Cl2N4O2. The second-order valence-corrected chi connectivity index (χ2v) is 7.07. The molecule has 138 valence electrons. The minimum absolute atomic E-state index is 0.0158. The number of carbonyl (C=O) groups is 1. The van der Waals surface area contributed by atoms with Crippen LogP contribution in [0.2, 0.25) is 10.0 Å². The number of anilines is 1. The molecule has 0 radical (unpaired) electrons. The Morgan fingerprint density at radius 3 is 2.44 bits per heavy atom. The molecule has 2 heterocycles. The van der Waals surface area contributed by atoms with Crippen LogP contribution in [0.25, 0.3) is 0 Å². The molecule has 0 aliphatic carbocycles. The van der Waals surface area contributed by atoms with Crippen molar-refractivity contribution in [3.05, 3.63) is 28.2 Å². The highest BCUT2D eigenvalue weighted by atomic mass is 35.5. The summed E-state index contributed by atoms with van der Waals surface area (Å²) in [6, 6.07) is 5.67. The topological polar surface area (TPSA) is 48.1 Å². The molecule has 0 spiro atoms. The van der Waals surface area contributed by atoms with Gasteiger partial charge in [-0.25, -0.2) is 4.79 Å². The van der Waals surface area contributed by atoms with Gasteiger partial charge in [0.1, 0.15) is 0 Å². The summed E-state index contributed by atoms with van der Waals surface area (Å²) in [4.78, 5) is 18.7. The van der Waals surface area contributed by atoms with Crippen LogP contribution in [-0.2, 0) is 4.74 Å². The van der Waals surface area contributed by atoms with Gasteiger partial charge < -0.3 is 19.9 Å². The number of piperazine rings is 1. The van der Waals surface area contributed by atoms with Gasteiger partial charge in [-0.2, -0.15) is 0 Å². The summed E-state index contributed by atoms with van der Waals surface area (Å²) < 4.78 is 5.33. The van der Waals surface area contributed by atoms with Crippen molar-refractivity contribution in [1.82, 2.24) is 15.1 Å². The Labute approximate surface area is 158 Å². The van der Waals surface area contributed by atoms with Crippen LogP contribution in [0.5, 0.6) is 0 Å². The number of nitrogens with one attached hydrogen (secondary N) is 1. The first-order valence-corrected chi connectivity index (χ1v) is 9.42. The predicted molar refractivity (Wildman–Crippen MR) is 101 cm³/mol. The maximum atomic E-state index is 12.3. The number of halogens is 2. The van der Waals surface area contributed by atoms with E-state index >= 15 is 0 Å². The van der Waals surface area contributed by atoms with E-state index in [-0.39, 0.29) is 6.03 Å². The first-order valence-electron chi connectivity index (χ1n) is 8.66. The maximum Gasteiger partial charge on any atom is 0.317 e. The molecule has 25 heavy (non-hydrogen) atoms. The van der Waals surface area contributed by atoms with E-state index in [1.54, 1.807) is 0 Å². The van der Waals surface area contributed by atoms with Crippen LogP contribution >= 0.6 is 23.2 Å². The van der Waals surface area contributed by atoms with Crippen molar-refractivity contribution in [3.63, 3.8) is 0 Å². The third kappa shape index (κ3) is 5.14. The minimum atomic E-state index is 0.0158. The predicted octanol–water partition coefficient (Wildman–Crippen LogP) is 2.16. The van der Waals surface area contributed by atoms with Gasteiger partial charge in [-0.1, -0.05) is 23.2 Å². The van der Waals surface area contributed by atoms with Crippen molar-refractivity contribution >= 4 is 34.9 Å². The Hall–Kier alpha value is -1.21. The Kier molecular flexibility index (Phi) is 6.64. The molecule has 0 aromatic heterocycles. The smallest absolute Gasteiger partial charge is 0.317 e. The first-order chi connectivity index (χ1) is 12.1. The number of hydrogen-bond acceptors (Lipinski definition) is 4. The first kappa shape index (κ1) is 18.6. The lowest BCUT2D eigenvalue weighted by molar-refractivity contribution is 0.0386. The SMILES string of the molecule is O=C(NCCN1CCOCC1)N1CCN(c2ccc(Cl)c(Cl)c2)CC1. The molecule has 2 fully saturated rings. The number of amides is 2. The summed E-state index contributed by atoms with van der Waals surface area (Å²) in [5.41, 5.74) is 1.04. The van der Waals surface area contributed by atoms with Crippen molar-refractivity contribution in [2.24, 2.45) is 0 Å². The molecule has 2 saturated heterocycles. The third-order valence-corrected chi connectivity index (χ3v) is 5.38. The standard InChI is InChI=1S/C17H24Cl2N4O2/c18-15-2-1-14(13-16(15)19)22-5-7-23(8-6-22)17(24)20-3-4-21-9-11-25-12-10-21/h1-2,13H,3-12H2,(H,20,24). The number of ether oxygens (including phenoxy) is 1. The van der Waals surface area contributed by atoms with Gasteiger partial charge in [0.25, 0.3) is 0 Å². The van der Waals surface area contributed by atoms with Gasteiger partial charge in [0.2, 0.25) is 0 Å². The molecule has 1 aromatic rings. The zero-order valence-electron chi connectivity index (χ0n) is 14.2. The fourth-order valence-corrected chi connectivity index (χ4v) is 3.40. The molecule has 6 nitrogen and oxygen atoms in total. The van der Waals surface area contributed by atoms with Crippen molar-refractivity contribution < 1.29 is 9.53 Å². The highest BCUT2D eigenvalue weighted by molar-refractivity contribution is 6.42. The molecule has 0 unspecified atom stereocenters. The quantitative estimate of drug-likeness (QED) is 0.860. The Morgan fingerprint density at radius 2 is 1.76 bits per heavy atom. The fraction of sp³-hybridized carbons (Fsp3) is 0.588. The summed E-state index contributed by atoms with van der Waals surface area (Å²) in [5, 5.41) is 4.14. The molecule has 2 aliphatic rings. The second kappa shape index (κ2) is 8.94. The lowest BCUT2D eigenvalue weighted by Gasteiger charge is -2.36. The molecule has 0 saturated carbocycles. The van der Waals surface area contributed by atoms with E-state index in [0.717, 1.165) is 51.6 Å². The number of benzene rings is 1. The molecule has 0 atom stereocenters. The Balaban J connectivity index is 1.40. The number of carbonyl (C=O) groups excluding carboxylic acids is 1. The number of morpholine rings is 1. The summed E-state index contributed by atoms with van der Waals surface area (Å²) in [7, 11) is 0. The fourth-order valence-electron chi connectivity index (χ4n) is 3.11. The van der Waals surface area contributed by atoms with Gasteiger partial charge in [-0.15, -0.1) is 0 Å². The zero-order valence-corrected chi connectivity index (χ0v) is 15.7. The van der Waals surface area contributed by atoms with Crippen LogP contribution in [-0.4, -0.2) is 81.4 Å². The summed E-state index contributed by atoms with van der Waals surface area (Å²) in [5.74, 6) is 0. The molecule has 2 amide bonds. The average Bonchev–Trinajstić information content (AvgIpc) is 2.65. The Bertz CT molecular complexity index is 588. The van der Waals surface area contributed by atoms with Crippen molar-refractivity contribution in [1.29, 1.82) is 0 Å². The lowest BCUT2D eigenvalue weighted by atomic mass is 10.2. The van der Waals surface area contributed by atoms with E-state index in [9.17, 15) is 4.79 Å². The molecule has 8 heteroatoms. The van der Waals surface area contributed by atoms with Gasteiger partial charge in [-0.05, 0) is 18.2 Å². The summed E-state index contributed by atoms with van der Waals surface area (Å²) in [6.45, 7) is 7.97. The van der Waals surface area contributed by atoms with Crippen LogP contribution in [0.15, 0.2) is 18.2 Å². The number of nitrogens with zero attached hydrogens (tertiary/aromatic N) is 3. The highest BCUT2D eigenvalue weighted by Crippen LogP contribution is 2.27. The number of urea groups is 1. The average molecular weight is 387 g/mol. The molecule has 0 bridgehead atoms. The molecule has 3 rings (SSSR count). The van der Waals surface area contributed by atoms with Crippen molar-refractivity contribution in [2.75, 3.05) is 70.5 Å². The monoisotopic (exact) mass is 386 g/mol. The summed E-state index contributed by atoms with van der Waals surface area (Å²) in [6.07, 6.45) is 0. The zero-order chi connectivity index (χ0) is 17.6. The number of rotatable bonds is 4. The molecule has 2 aliphatic heterocycles. The van der Waals surface area contributed by atoms with Crippen LogP contribution < -0.4 is 10.2 Å². The largest absolute Gasteiger partial charge is 0.379 e. The number of hydrogen-bond donors (Lipinski definition) is 1. The summed E-state index contributed by atoms with van der Waals surface area (Å²) >= 11 is 12.1. The highest BCUT2D eigenvalue weighted by Gasteiger charge is 2.21. The molecule has 1 aromatic carbocycles. The Morgan fingerprint density at radius 1 is 1.04 bits per heavy atom. The van der Waals surface area contributed by atoms with E-state index in [1.165, 1.54) is 0 Å². The van der Waals surface area contributed by atoms with E-state index in [1.807, 2.05) is 23.1 Å². The molecule has 1 N–H and O–H groups in total. The van der Waals surface area contributed by atoms with Gasteiger partial charge in [0, 0.05) is 58.0 Å². The van der Waals surface area contributed by atoms with E-state index in [4.69, 9.17) is 27.9 Å². The van der Waals surface area contributed by atoms with E-state index in [2.05, 4.69) is 15.1 Å². The minimum Gasteiger partial charge on any atom is -0.379 e. The van der Waals surface area contributed by atoms with Crippen LogP contribution in [0.4, 0.5) is 10.5 Å². The molecular weight excluding hydrogens is 363 g/mol. The van der Waals surface area contributed by atoms with Crippen molar-refractivity contribution in [3.8, 4) is 0 Å². The van der Waals surface area contributed by atoms with Gasteiger partial charge in [0.15, 0.2) is 0 Å².